The predicted molar refractivity (Wildman–Crippen MR) is 70.8 cm³/mol. The van der Waals surface area contributed by atoms with E-state index in [2.05, 4.69) is 5.32 Å². The number of benzene rings is 2. The van der Waals surface area contributed by atoms with Crippen LogP contribution in [0.1, 0.15) is 15.9 Å². The molecule has 0 atom stereocenters. The highest BCUT2D eigenvalue weighted by Gasteiger charge is 2.29. The Hall–Kier alpha value is -2.01. The summed E-state index contributed by atoms with van der Waals surface area (Å²) >= 11 is 5.70. The fourth-order valence-corrected chi connectivity index (χ4v) is 1.67. The molecule has 0 aliphatic carbocycles. The van der Waals surface area contributed by atoms with Crippen LogP contribution < -0.4 is 5.32 Å². The Bertz CT molecular complexity index is 606. The van der Waals surface area contributed by atoms with Gasteiger partial charge in [-0.2, -0.15) is 13.2 Å². The normalized spacial score (nSPS) is 11.2. The van der Waals surface area contributed by atoms with Crippen LogP contribution in [0.4, 0.5) is 18.9 Å². The molecule has 2 aromatic carbocycles. The van der Waals surface area contributed by atoms with E-state index >= 15 is 0 Å². The molecule has 0 fully saturated rings. The van der Waals surface area contributed by atoms with Crippen molar-refractivity contribution in [3.8, 4) is 0 Å². The second-order valence-electron chi connectivity index (χ2n) is 4.04. The van der Waals surface area contributed by atoms with Gasteiger partial charge in [-0.05, 0) is 48.5 Å². The molecule has 104 valence electrons. The van der Waals surface area contributed by atoms with E-state index in [4.69, 9.17) is 11.6 Å². The Labute approximate surface area is 118 Å². The molecule has 0 aliphatic rings. The smallest absolute Gasteiger partial charge is 0.322 e. The van der Waals surface area contributed by atoms with E-state index in [1.54, 1.807) is 12.1 Å². The Morgan fingerprint density at radius 1 is 0.950 bits per heavy atom. The summed E-state index contributed by atoms with van der Waals surface area (Å²) in [5.41, 5.74) is -0.103. The van der Waals surface area contributed by atoms with Gasteiger partial charge >= 0.3 is 6.18 Å². The second kappa shape index (κ2) is 5.54. The molecule has 0 aliphatic heterocycles. The predicted octanol–water partition coefficient (Wildman–Crippen LogP) is 4.61. The average molecular weight is 300 g/mol. The number of rotatable bonds is 2. The standard InChI is InChI=1S/C14H9ClF3NO/c15-11-5-1-9(2-6-11)13(20)19-12-7-3-10(4-8-12)14(16,17)18/h1-8H,(H,19,20). The molecule has 0 heterocycles. The lowest BCUT2D eigenvalue weighted by molar-refractivity contribution is -0.137. The van der Waals surface area contributed by atoms with Gasteiger partial charge in [-0.3, -0.25) is 4.79 Å². The van der Waals surface area contributed by atoms with Gasteiger partial charge in [-0.25, -0.2) is 0 Å². The molecule has 0 saturated carbocycles. The average Bonchev–Trinajstić information content (AvgIpc) is 2.39. The van der Waals surface area contributed by atoms with Crippen molar-refractivity contribution < 1.29 is 18.0 Å². The summed E-state index contributed by atoms with van der Waals surface area (Å²) in [6.45, 7) is 0. The molecule has 2 aromatic rings. The molecule has 1 N–H and O–H groups in total. The minimum atomic E-state index is -4.39. The third kappa shape index (κ3) is 3.51. The molecule has 0 saturated heterocycles. The van der Waals surface area contributed by atoms with Crippen LogP contribution in [0.25, 0.3) is 0 Å². The highest BCUT2D eigenvalue weighted by molar-refractivity contribution is 6.30. The van der Waals surface area contributed by atoms with Gasteiger partial charge in [0.05, 0.1) is 5.56 Å². The molecule has 20 heavy (non-hydrogen) atoms. The molecule has 0 radical (unpaired) electrons. The Balaban J connectivity index is 2.10. The third-order valence-electron chi connectivity index (χ3n) is 2.58. The fourth-order valence-electron chi connectivity index (χ4n) is 1.55. The van der Waals surface area contributed by atoms with E-state index in [0.717, 1.165) is 12.1 Å². The number of hydrogen-bond acceptors (Lipinski definition) is 1. The zero-order valence-electron chi connectivity index (χ0n) is 10.0. The van der Waals surface area contributed by atoms with Crippen LogP contribution in [0.2, 0.25) is 5.02 Å². The molecular formula is C14H9ClF3NO. The van der Waals surface area contributed by atoms with Crippen LogP contribution in [0.3, 0.4) is 0 Å². The maximum Gasteiger partial charge on any atom is 0.416 e. The quantitative estimate of drug-likeness (QED) is 0.862. The van der Waals surface area contributed by atoms with Gasteiger partial charge in [0.15, 0.2) is 0 Å². The molecule has 0 spiro atoms. The van der Waals surface area contributed by atoms with Crippen LogP contribution in [0.5, 0.6) is 0 Å². The fraction of sp³-hybridized carbons (Fsp3) is 0.0714. The first-order valence-electron chi connectivity index (χ1n) is 5.60. The van der Waals surface area contributed by atoms with Gasteiger partial charge in [0.25, 0.3) is 5.91 Å². The Kier molecular flexibility index (Phi) is 3.99. The van der Waals surface area contributed by atoms with Crippen molar-refractivity contribution in [3.63, 3.8) is 0 Å². The summed E-state index contributed by atoms with van der Waals surface area (Å²) in [6, 6.07) is 10.4. The van der Waals surface area contributed by atoms with E-state index in [9.17, 15) is 18.0 Å². The number of carbonyl (C=O) groups excluding carboxylic acids is 1. The topological polar surface area (TPSA) is 29.1 Å². The van der Waals surface area contributed by atoms with Gasteiger partial charge in [-0.1, -0.05) is 11.6 Å². The highest BCUT2D eigenvalue weighted by atomic mass is 35.5. The lowest BCUT2D eigenvalue weighted by Crippen LogP contribution is -2.12. The minimum absolute atomic E-state index is 0.290. The van der Waals surface area contributed by atoms with E-state index in [1.807, 2.05) is 0 Å². The summed E-state index contributed by atoms with van der Waals surface area (Å²) in [4.78, 5) is 11.8. The molecule has 0 bridgehead atoms. The maximum absolute atomic E-state index is 12.4. The van der Waals surface area contributed by atoms with Crippen LogP contribution >= 0.6 is 11.6 Å². The molecule has 0 unspecified atom stereocenters. The Morgan fingerprint density at radius 2 is 1.50 bits per heavy atom. The van der Waals surface area contributed by atoms with Crippen molar-refractivity contribution in [2.45, 2.75) is 6.18 Å². The zero-order chi connectivity index (χ0) is 14.8. The lowest BCUT2D eigenvalue weighted by Gasteiger charge is -2.08. The molecule has 6 heteroatoms. The number of nitrogens with one attached hydrogen (secondary N) is 1. The molecule has 0 aromatic heterocycles. The van der Waals surface area contributed by atoms with Gasteiger partial charge in [0.2, 0.25) is 0 Å². The third-order valence-corrected chi connectivity index (χ3v) is 2.83. The molecule has 2 nitrogen and oxygen atoms in total. The monoisotopic (exact) mass is 299 g/mol. The van der Waals surface area contributed by atoms with Gasteiger partial charge in [-0.15, -0.1) is 0 Å². The number of amides is 1. The summed E-state index contributed by atoms with van der Waals surface area (Å²) in [5, 5.41) is 3.00. The first-order valence-corrected chi connectivity index (χ1v) is 5.98. The van der Waals surface area contributed by atoms with Crippen LogP contribution in [-0.2, 0) is 6.18 Å². The summed E-state index contributed by atoms with van der Waals surface area (Å²) in [6.07, 6.45) is -4.39. The van der Waals surface area contributed by atoms with E-state index in [-0.39, 0.29) is 5.69 Å². The van der Waals surface area contributed by atoms with Crippen molar-refractivity contribution in [2.24, 2.45) is 0 Å². The lowest BCUT2D eigenvalue weighted by atomic mass is 10.2. The molecule has 1 amide bonds. The number of halogens is 4. The van der Waals surface area contributed by atoms with Crippen molar-refractivity contribution in [3.05, 3.63) is 64.7 Å². The Morgan fingerprint density at radius 3 is 2.00 bits per heavy atom. The SMILES string of the molecule is O=C(Nc1ccc(C(F)(F)F)cc1)c1ccc(Cl)cc1. The number of hydrogen-bond donors (Lipinski definition) is 1. The molecular weight excluding hydrogens is 291 g/mol. The van der Waals surface area contributed by atoms with Gasteiger partial charge in [0.1, 0.15) is 0 Å². The van der Waals surface area contributed by atoms with Crippen molar-refractivity contribution in [1.29, 1.82) is 0 Å². The largest absolute Gasteiger partial charge is 0.416 e. The van der Waals surface area contributed by atoms with E-state index < -0.39 is 17.6 Å². The van der Waals surface area contributed by atoms with Crippen LogP contribution in [-0.4, -0.2) is 5.91 Å². The number of anilines is 1. The number of carbonyl (C=O) groups is 1. The second-order valence-corrected chi connectivity index (χ2v) is 4.47. The summed E-state index contributed by atoms with van der Waals surface area (Å²) in [5.74, 6) is -0.415. The van der Waals surface area contributed by atoms with Crippen molar-refractivity contribution >= 4 is 23.2 Å². The summed E-state index contributed by atoms with van der Waals surface area (Å²) < 4.78 is 37.2. The number of alkyl halides is 3. The van der Waals surface area contributed by atoms with Gasteiger partial charge < -0.3 is 5.32 Å². The maximum atomic E-state index is 12.4. The minimum Gasteiger partial charge on any atom is -0.322 e. The zero-order valence-corrected chi connectivity index (χ0v) is 10.8. The van der Waals surface area contributed by atoms with Crippen LogP contribution in [0, 0.1) is 0 Å². The van der Waals surface area contributed by atoms with E-state index in [1.165, 1.54) is 24.3 Å². The van der Waals surface area contributed by atoms with Crippen molar-refractivity contribution in [1.82, 2.24) is 0 Å². The van der Waals surface area contributed by atoms with Crippen molar-refractivity contribution in [2.75, 3.05) is 5.32 Å². The summed E-state index contributed by atoms with van der Waals surface area (Å²) in [7, 11) is 0. The first kappa shape index (κ1) is 14.4. The molecule has 2 rings (SSSR count). The van der Waals surface area contributed by atoms with E-state index in [0.29, 0.717) is 10.6 Å². The first-order chi connectivity index (χ1) is 9.36. The van der Waals surface area contributed by atoms with Gasteiger partial charge in [0, 0.05) is 16.3 Å². The highest BCUT2D eigenvalue weighted by Crippen LogP contribution is 2.29. The van der Waals surface area contributed by atoms with Crippen LogP contribution in [0.15, 0.2) is 48.5 Å².